The van der Waals surface area contributed by atoms with Crippen LogP contribution in [-0.2, 0) is 11.8 Å². The van der Waals surface area contributed by atoms with Gasteiger partial charge in [-0.05, 0) is 34.7 Å². The van der Waals surface area contributed by atoms with E-state index in [-0.39, 0.29) is 5.91 Å². The van der Waals surface area contributed by atoms with Gasteiger partial charge in [0.25, 0.3) is 0 Å². The molecular formula is C19H22N8O2S. The van der Waals surface area contributed by atoms with Crippen LogP contribution >= 0.6 is 11.8 Å². The van der Waals surface area contributed by atoms with Crippen LogP contribution in [0.4, 0.5) is 5.82 Å². The van der Waals surface area contributed by atoms with E-state index >= 15 is 0 Å². The van der Waals surface area contributed by atoms with Crippen LogP contribution in [0.2, 0.25) is 0 Å². The lowest BCUT2D eigenvalue weighted by Crippen LogP contribution is -2.49. The fourth-order valence-corrected chi connectivity index (χ4v) is 3.94. The molecule has 1 fully saturated rings. The van der Waals surface area contributed by atoms with Gasteiger partial charge >= 0.3 is 0 Å². The lowest BCUT2D eigenvalue weighted by molar-refractivity contribution is -0.128. The SMILES string of the molecule is COc1ccc(-c2cc(N3CCN(C(=O)CSc4nnnn4C)CC3)ncn2)cc1. The number of tetrazole rings is 1. The van der Waals surface area contributed by atoms with Crippen LogP contribution in [-0.4, -0.2) is 80.0 Å². The maximum absolute atomic E-state index is 12.5. The van der Waals surface area contributed by atoms with Crippen LogP contribution in [0, 0.1) is 0 Å². The smallest absolute Gasteiger partial charge is 0.233 e. The third-order valence-electron chi connectivity index (χ3n) is 4.90. The molecule has 0 aliphatic carbocycles. The van der Waals surface area contributed by atoms with E-state index in [1.807, 2.05) is 35.2 Å². The summed E-state index contributed by atoms with van der Waals surface area (Å²) in [6.45, 7) is 2.75. The summed E-state index contributed by atoms with van der Waals surface area (Å²) in [6.07, 6.45) is 1.58. The molecule has 1 aliphatic heterocycles. The number of carbonyl (C=O) groups excluding carboxylic acids is 1. The zero-order valence-electron chi connectivity index (χ0n) is 16.8. The summed E-state index contributed by atoms with van der Waals surface area (Å²) >= 11 is 1.35. The second-order valence-corrected chi connectivity index (χ2v) is 7.67. The number of benzene rings is 1. The largest absolute Gasteiger partial charge is 0.497 e. The van der Waals surface area contributed by atoms with E-state index in [4.69, 9.17) is 4.74 Å². The van der Waals surface area contributed by atoms with E-state index in [9.17, 15) is 4.79 Å². The van der Waals surface area contributed by atoms with Gasteiger partial charge in [-0.25, -0.2) is 14.6 Å². The maximum Gasteiger partial charge on any atom is 0.233 e. The molecule has 10 nitrogen and oxygen atoms in total. The third kappa shape index (κ3) is 4.51. The van der Waals surface area contributed by atoms with Gasteiger partial charge in [0.05, 0.1) is 18.6 Å². The summed E-state index contributed by atoms with van der Waals surface area (Å²) in [7, 11) is 3.40. The number of aromatic nitrogens is 6. The zero-order valence-corrected chi connectivity index (χ0v) is 17.6. The quantitative estimate of drug-likeness (QED) is 0.536. The van der Waals surface area contributed by atoms with Gasteiger partial charge in [0.15, 0.2) is 0 Å². The Morgan fingerprint density at radius 3 is 2.57 bits per heavy atom. The van der Waals surface area contributed by atoms with Gasteiger partial charge in [-0.2, -0.15) is 0 Å². The number of carbonyl (C=O) groups is 1. The highest BCUT2D eigenvalue weighted by atomic mass is 32.2. The summed E-state index contributed by atoms with van der Waals surface area (Å²) in [5, 5.41) is 11.9. The van der Waals surface area contributed by atoms with E-state index in [1.54, 1.807) is 25.2 Å². The molecule has 0 spiro atoms. The van der Waals surface area contributed by atoms with Gasteiger partial charge in [0, 0.05) is 44.9 Å². The molecule has 0 N–H and O–H groups in total. The molecule has 30 heavy (non-hydrogen) atoms. The lowest BCUT2D eigenvalue weighted by Gasteiger charge is -2.35. The fraction of sp³-hybridized carbons (Fsp3) is 0.368. The highest BCUT2D eigenvalue weighted by Crippen LogP contribution is 2.24. The van der Waals surface area contributed by atoms with Gasteiger partial charge in [-0.15, -0.1) is 5.10 Å². The summed E-state index contributed by atoms with van der Waals surface area (Å²) in [6, 6.07) is 9.76. The van der Waals surface area contributed by atoms with Crippen molar-refractivity contribution in [2.24, 2.45) is 7.05 Å². The van der Waals surface area contributed by atoms with Gasteiger partial charge in [0.2, 0.25) is 11.1 Å². The van der Waals surface area contributed by atoms with Crippen molar-refractivity contribution in [1.82, 2.24) is 35.1 Å². The number of nitrogens with zero attached hydrogens (tertiary/aromatic N) is 8. The molecule has 0 saturated carbocycles. The Kier molecular flexibility index (Phi) is 6.07. The van der Waals surface area contributed by atoms with Crippen molar-refractivity contribution in [2.75, 3.05) is 43.9 Å². The number of hydrogen-bond donors (Lipinski definition) is 0. The predicted molar refractivity (Wildman–Crippen MR) is 112 cm³/mol. The van der Waals surface area contributed by atoms with Crippen molar-refractivity contribution in [3.8, 4) is 17.0 Å². The molecular weight excluding hydrogens is 404 g/mol. The number of piperazine rings is 1. The fourth-order valence-electron chi connectivity index (χ4n) is 3.19. The minimum atomic E-state index is 0.0873. The first kappa shape index (κ1) is 20.1. The van der Waals surface area contributed by atoms with Gasteiger partial charge in [-0.3, -0.25) is 4.79 Å². The minimum Gasteiger partial charge on any atom is -0.497 e. The van der Waals surface area contributed by atoms with Gasteiger partial charge < -0.3 is 14.5 Å². The van der Waals surface area contributed by atoms with Crippen LogP contribution in [0.25, 0.3) is 11.3 Å². The Morgan fingerprint density at radius 1 is 1.13 bits per heavy atom. The highest BCUT2D eigenvalue weighted by molar-refractivity contribution is 7.99. The molecule has 1 aliphatic rings. The normalized spacial score (nSPS) is 14.1. The topological polar surface area (TPSA) is 102 Å². The standard InChI is InChI=1S/C19H22N8O2S/c1-25-19(22-23-24-25)30-12-18(28)27-9-7-26(8-10-27)17-11-16(20-13-21-17)14-3-5-15(29-2)6-4-14/h3-6,11,13H,7-10,12H2,1-2H3. The Labute approximate surface area is 178 Å². The monoisotopic (exact) mass is 426 g/mol. The summed E-state index contributed by atoms with van der Waals surface area (Å²) in [5.74, 6) is 2.08. The second-order valence-electron chi connectivity index (χ2n) is 6.73. The Bertz CT molecular complexity index is 1000. The molecule has 2 aromatic heterocycles. The third-order valence-corrected chi connectivity index (χ3v) is 5.90. The molecule has 0 atom stereocenters. The molecule has 0 unspecified atom stereocenters. The summed E-state index contributed by atoms with van der Waals surface area (Å²) in [5.41, 5.74) is 1.86. The Hall–Kier alpha value is -3.21. The number of hydrogen-bond acceptors (Lipinski definition) is 9. The average molecular weight is 427 g/mol. The zero-order chi connectivity index (χ0) is 20.9. The molecule has 156 valence electrons. The van der Waals surface area contributed by atoms with Crippen LogP contribution in [0.15, 0.2) is 41.8 Å². The second kappa shape index (κ2) is 9.08. The van der Waals surface area contributed by atoms with Crippen molar-refractivity contribution in [3.63, 3.8) is 0 Å². The Morgan fingerprint density at radius 2 is 1.90 bits per heavy atom. The van der Waals surface area contributed by atoms with Gasteiger partial charge in [-0.1, -0.05) is 11.8 Å². The van der Waals surface area contributed by atoms with Crippen molar-refractivity contribution >= 4 is 23.5 Å². The lowest BCUT2D eigenvalue weighted by atomic mass is 10.1. The molecule has 11 heteroatoms. The molecule has 3 heterocycles. The summed E-state index contributed by atoms with van der Waals surface area (Å²) < 4.78 is 6.77. The number of methoxy groups -OCH3 is 1. The van der Waals surface area contributed by atoms with E-state index < -0.39 is 0 Å². The van der Waals surface area contributed by atoms with E-state index in [0.29, 0.717) is 24.0 Å². The molecule has 0 radical (unpaired) electrons. The molecule has 4 rings (SSSR count). The van der Waals surface area contributed by atoms with Crippen molar-refractivity contribution < 1.29 is 9.53 Å². The predicted octanol–water partition coefficient (Wildman–Crippen LogP) is 1.12. The van der Waals surface area contributed by atoms with E-state index in [0.717, 1.165) is 35.9 Å². The molecule has 1 aromatic carbocycles. The first-order valence-corrected chi connectivity index (χ1v) is 10.5. The molecule has 1 saturated heterocycles. The van der Waals surface area contributed by atoms with E-state index in [2.05, 4.69) is 30.4 Å². The van der Waals surface area contributed by atoms with E-state index in [1.165, 1.54) is 11.8 Å². The minimum absolute atomic E-state index is 0.0873. The summed E-state index contributed by atoms with van der Waals surface area (Å²) in [4.78, 5) is 25.4. The maximum atomic E-state index is 12.5. The van der Waals surface area contributed by atoms with Crippen LogP contribution < -0.4 is 9.64 Å². The number of aryl methyl sites for hydroxylation is 1. The van der Waals surface area contributed by atoms with Crippen LogP contribution in [0.3, 0.4) is 0 Å². The highest BCUT2D eigenvalue weighted by Gasteiger charge is 2.22. The van der Waals surface area contributed by atoms with Crippen molar-refractivity contribution in [3.05, 3.63) is 36.7 Å². The number of ether oxygens (including phenoxy) is 1. The number of anilines is 1. The number of thioether (sulfide) groups is 1. The average Bonchev–Trinajstić information content (AvgIpc) is 3.22. The Balaban J connectivity index is 1.34. The number of rotatable bonds is 6. The molecule has 0 bridgehead atoms. The van der Waals surface area contributed by atoms with Crippen molar-refractivity contribution in [2.45, 2.75) is 5.16 Å². The van der Waals surface area contributed by atoms with Crippen molar-refractivity contribution in [1.29, 1.82) is 0 Å². The van der Waals surface area contributed by atoms with Crippen LogP contribution in [0.1, 0.15) is 0 Å². The number of amides is 1. The molecule has 1 amide bonds. The van der Waals surface area contributed by atoms with Gasteiger partial charge in [0.1, 0.15) is 17.9 Å². The van der Waals surface area contributed by atoms with Crippen LogP contribution in [0.5, 0.6) is 5.75 Å². The first-order chi connectivity index (χ1) is 14.6. The molecule has 3 aromatic rings. The first-order valence-electron chi connectivity index (χ1n) is 9.48.